The van der Waals surface area contributed by atoms with Gasteiger partial charge in [-0.2, -0.15) is 5.10 Å². The summed E-state index contributed by atoms with van der Waals surface area (Å²) in [5, 5.41) is 11.3. The third-order valence-corrected chi connectivity index (χ3v) is 5.40. The van der Waals surface area contributed by atoms with Gasteiger partial charge in [0.15, 0.2) is 5.82 Å². The number of rotatable bonds is 7. The van der Waals surface area contributed by atoms with Gasteiger partial charge in [-0.3, -0.25) is 19.0 Å². The van der Waals surface area contributed by atoms with Crippen molar-refractivity contribution in [2.24, 2.45) is 0 Å². The van der Waals surface area contributed by atoms with Gasteiger partial charge in [-0.1, -0.05) is 0 Å². The highest BCUT2D eigenvalue weighted by Gasteiger charge is 2.20. The number of carbonyl (C=O) groups is 1. The highest BCUT2D eigenvalue weighted by Crippen LogP contribution is 2.12. The molecule has 33 heavy (non-hydrogen) atoms. The molecule has 12 heteroatoms. The lowest BCUT2D eigenvalue weighted by atomic mass is 10.2. The van der Waals surface area contributed by atoms with Crippen LogP contribution in [0.1, 0.15) is 34.6 Å². The van der Waals surface area contributed by atoms with Gasteiger partial charge in [0.2, 0.25) is 0 Å². The summed E-state index contributed by atoms with van der Waals surface area (Å²) >= 11 is 0. The van der Waals surface area contributed by atoms with Crippen LogP contribution in [0.5, 0.6) is 0 Å². The molecule has 0 bridgehead atoms. The lowest BCUT2D eigenvalue weighted by molar-refractivity contribution is 0.0922. The number of hydrogen-bond donors (Lipinski definition) is 2. The van der Waals surface area contributed by atoms with E-state index in [0.717, 1.165) is 35.0 Å². The molecule has 4 rings (SSSR count). The van der Waals surface area contributed by atoms with E-state index >= 15 is 0 Å². The Kier molecular flexibility index (Phi) is 6.36. The van der Waals surface area contributed by atoms with Crippen molar-refractivity contribution < 1.29 is 9.53 Å². The Labute approximate surface area is 187 Å². The maximum Gasteiger partial charge on any atom is 0.328 e. The van der Waals surface area contributed by atoms with Gasteiger partial charge >= 0.3 is 5.69 Å². The number of nitrogens with one attached hydrogen (secondary N) is 2. The predicted octanol–water partition coefficient (Wildman–Crippen LogP) is -0.495. The van der Waals surface area contributed by atoms with E-state index < -0.39 is 17.2 Å². The van der Waals surface area contributed by atoms with E-state index in [1.54, 1.807) is 10.7 Å². The highest BCUT2D eigenvalue weighted by atomic mass is 16.5. The van der Waals surface area contributed by atoms with Crippen LogP contribution in [0.15, 0.2) is 38.8 Å². The second kappa shape index (κ2) is 9.36. The molecule has 1 atom stereocenters. The van der Waals surface area contributed by atoms with Crippen molar-refractivity contribution in [1.82, 2.24) is 34.4 Å². The molecule has 0 radical (unpaired) electrons. The zero-order valence-corrected chi connectivity index (χ0v) is 18.4. The quantitative estimate of drug-likeness (QED) is 0.489. The van der Waals surface area contributed by atoms with E-state index in [1.807, 2.05) is 19.9 Å². The Morgan fingerprint density at radius 1 is 1.24 bits per heavy atom. The molecule has 1 saturated heterocycles. The summed E-state index contributed by atoms with van der Waals surface area (Å²) in [4.78, 5) is 52.0. The van der Waals surface area contributed by atoms with Crippen LogP contribution in [-0.4, -0.2) is 54.3 Å². The SMILES string of the molecule is Cc1cc(C)n(-c2ccc(=O)n(CCNC(=O)c3c[nH]c(=O)n(CC4CCCO4)c3=O)n2)n1. The fourth-order valence-corrected chi connectivity index (χ4v) is 3.77. The van der Waals surface area contributed by atoms with Crippen LogP contribution < -0.4 is 22.1 Å². The number of carbonyl (C=O) groups excluding carboxylic acids is 1. The number of hydrogen-bond acceptors (Lipinski definition) is 7. The van der Waals surface area contributed by atoms with Crippen LogP contribution >= 0.6 is 0 Å². The van der Waals surface area contributed by atoms with E-state index in [2.05, 4.69) is 20.5 Å². The van der Waals surface area contributed by atoms with Crippen molar-refractivity contribution >= 4 is 5.91 Å². The van der Waals surface area contributed by atoms with E-state index in [0.29, 0.717) is 12.4 Å². The summed E-state index contributed by atoms with van der Waals surface area (Å²) in [5.41, 5.74) is -0.111. The third kappa shape index (κ3) is 4.85. The molecule has 0 aliphatic carbocycles. The number of aryl methyl sites for hydroxylation is 2. The molecule has 0 spiro atoms. The van der Waals surface area contributed by atoms with Gasteiger partial charge in [0.1, 0.15) is 5.56 Å². The number of ether oxygens (including phenoxy) is 1. The maximum absolute atomic E-state index is 12.7. The monoisotopic (exact) mass is 455 g/mol. The van der Waals surface area contributed by atoms with E-state index in [9.17, 15) is 19.2 Å². The van der Waals surface area contributed by atoms with Crippen molar-refractivity contribution in [2.45, 2.75) is 45.9 Å². The molecule has 3 aromatic rings. The minimum Gasteiger partial charge on any atom is -0.376 e. The topological polar surface area (TPSA) is 146 Å². The number of aromatic nitrogens is 6. The number of H-pyrrole nitrogens is 1. The fourth-order valence-electron chi connectivity index (χ4n) is 3.77. The number of amides is 1. The average molecular weight is 455 g/mol. The maximum atomic E-state index is 12.7. The molecular formula is C21H25N7O5. The summed E-state index contributed by atoms with van der Waals surface area (Å²) in [6.45, 7) is 4.56. The summed E-state index contributed by atoms with van der Waals surface area (Å²) in [6, 6.07) is 4.85. The Morgan fingerprint density at radius 2 is 2.06 bits per heavy atom. The van der Waals surface area contributed by atoms with Crippen molar-refractivity contribution in [2.75, 3.05) is 13.2 Å². The first-order valence-corrected chi connectivity index (χ1v) is 10.7. The largest absolute Gasteiger partial charge is 0.376 e. The lowest BCUT2D eigenvalue weighted by Crippen LogP contribution is -2.43. The smallest absolute Gasteiger partial charge is 0.328 e. The fraction of sp³-hybridized carbons (Fsp3) is 0.429. The standard InChI is InChI=1S/C21H25N7O5/c1-13-10-14(2)28(24-13)17-5-6-18(29)27(25-17)8-7-22-19(30)16-11-23-21(32)26(20(16)31)12-15-4-3-9-33-15/h5-6,10-11,15H,3-4,7-9,12H2,1-2H3,(H,22,30)(H,23,32). The van der Waals surface area contributed by atoms with Crippen LogP contribution in [0.25, 0.3) is 5.82 Å². The molecule has 174 valence electrons. The van der Waals surface area contributed by atoms with E-state index in [4.69, 9.17) is 4.74 Å². The molecule has 12 nitrogen and oxygen atoms in total. The average Bonchev–Trinajstić information content (AvgIpc) is 3.41. The van der Waals surface area contributed by atoms with Gasteiger partial charge in [-0.05, 0) is 38.8 Å². The van der Waals surface area contributed by atoms with Crippen molar-refractivity contribution in [3.05, 3.63) is 72.5 Å². The molecule has 3 aromatic heterocycles. The molecule has 1 amide bonds. The minimum atomic E-state index is -0.687. The summed E-state index contributed by atoms with van der Waals surface area (Å²) < 4.78 is 9.31. The van der Waals surface area contributed by atoms with Crippen molar-refractivity contribution in [3.63, 3.8) is 0 Å². The van der Waals surface area contributed by atoms with Crippen LogP contribution in [0.2, 0.25) is 0 Å². The molecular weight excluding hydrogens is 430 g/mol. The zero-order chi connectivity index (χ0) is 23.5. The molecule has 1 aliphatic rings. The molecule has 4 heterocycles. The van der Waals surface area contributed by atoms with Crippen LogP contribution in [0, 0.1) is 13.8 Å². The molecule has 0 aromatic carbocycles. The first kappa shape index (κ1) is 22.4. The van der Waals surface area contributed by atoms with Gasteiger partial charge in [0.25, 0.3) is 17.0 Å². The zero-order valence-electron chi connectivity index (χ0n) is 18.4. The van der Waals surface area contributed by atoms with Crippen LogP contribution in [0.3, 0.4) is 0 Å². The Bertz CT molecular complexity index is 1340. The molecule has 2 N–H and O–H groups in total. The molecule has 0 saturated carbocycles. The summed E-state index contributed by atoms with van der Waals surface area (Å²) in [5.74, 6) is -0.177. The Balaban J connectivity index is 1.45. The summed E-state index contributed by atoms with van der Waals surface area (Å²) in [7, 11) is 0. The second-order valence-corrected chi connectivity index (χ2v) is 7.91. The van der Waals surface area contributed by atoms with Crippen LogP contribution in [-0.2, 0) is 17.8 Å². The van der Waals surface area contributed by atoms with E-state index in [1.165, 1.54) is 10.7 Å². The normalized spacial score (nSPS) is 15.6. The predicted molar refractivity (Wildman–Crippen MR) is 118 cm³/mol. The van der Waals surface area contributed by atoms with Gasteiger partial charge in [-0.15, -0.1) is 5.10 Å². The van der Waals surface area contributed by atoms with Gasteiger partial charge in [0, 0.05) is 31.1 Å². The lowest BCUT2D eigenvalue weighted by Gasteiger charge is -2.12. The third-order valence-electron chi connectivity index (χ3n) is 5.40. The highest BCUT2D eigenvalue weighted by molar-refractivity contribution is 5.93. The van der Waals surface area contributed by atoms with Crippen molar-refractivity contribution in [1.29, 1.82) is 0 Å². The number of nitrogens with zero attached hydrogens (tertiary/aromatic N) is 5. The van der Waals surface area contributed by atoms with Crippen molar-refractivity contribution in [3.8, 4) is 5.82 Å². The first-order valence-electron chi connectivity index (χ1n) is 10.7. The van der Waals surface area contributed by atoms with Crippen LogP contribution in [0.4, 0.5) is 0 Å². The van der Waals surface area contributed by atoms with Gasteiger partial charge in [0.05, 0.1) is 24.9 Å². The number of aromatic amines is 1. The van der Waals surface area contributed by atoms with Gasteiger partial charge in [-0.25, -0.2) is 14.2 Å². The molecule has 1 aliphatic heterocycles. The Morgan fingerprint density at radius 3 is 2.76 bits per heavy atom. The minimum absolute atomic E-state index is 0.0522. The summed E-state index contributed by atoms with van der Waals surface area (Å²) in [6.07, 6.45) is 2.49. The second-order valence-electron chi connectivity index (χ2n) is 7.91. The van der Waals surface area contributed by atoms with E-state index in [-0.39, 0.29) is 36.9 Å². The Hall–Kier alpha value is -3.80. The molecule has 1 fully saturated rings. The van der Waals surface area contributed by atoms with Gasteiger partial charge < -0.3 is 15.0 Å². The molecule has 1 unspecified atom stereocenters. The first-order chi connectivity index (χ1) is 15.8.